The van der Waals surface area contributed by atoms with Crippen LogP contribution in [0.3, 0.4) is 0 Å². The van der Waals surface area contributed by atoms with E-state index in [-0.39, 0.29) is 22.1 Å². The van der Waals surface area contributed by atoms with Crippen molar-refractivity contribution in [1.82, 2.24) is 0 Å². The molecule has 1 aliphatic rings. The Balaban J connectivity index is 1.84. The van der Waals surface area contributed by atoms with Crippen LogP contribution in [0.15, 0.2) is 36.4 Å². The van der Waals surface area contributed by atoms with Gasteiger partial charge in [-0.1, -0.05) is 45.9 Å². The highest BCUT2D eigenvalue weighted by Crippen LogP contribution is 2.46. The average molecular weight is 413 g/mol. The summed E-state index contributed by atoms with van der Waals surface area (Å²) in [5.41, 5.74) is 2.69. The second kappa shape index (κ2) is 7.84. The number of aliphatic hydroxyl groups excluding tert-OH is 1. The SMILES string of the molecule is COC(=O)c1ccc(NC(=O)[C@H](O)c2ccc3c(c2)C(C)(C)CCC3(C)C)c(F)c1. The normalized spacial score (nSPS) is 17.6. The van der Waals surface area contributed by atoms with E-state index in [1.54, 1.807) is 6.07 Å². The van der Waals surface area contributed by atoms with Gasteiger partial charge < -0.3 is 15.2 Å². The van der Waals surface area contributed by atoms with Gasteiger partial charge in [0.25, 0.3) is 5.91 Å². The zero-order valence-electron chi connectivity index (χ0n) is 18.0. The molecule has 1 atom stereocenters. The number of anilines is 1. The van der Waals surface area contributed by atoms with E-state index in [1.807, 2.05) is 12.1 Å². The number of aliphatic hydroxyl groups is 1. The van der Waals surface area contributed by atoms with Crippen LogP contribution in [0.4, 0.5) is 10.1 Å². The molecular formula is C24H28FNO4. The lowest BCUT2D eigenvalue weighted by atomic mass is 9.63. The highest BCUT2D eigenvalue weighted by Gasteiger charge is 2.37. The number of rotatable bonds is 4. The van der Waals surface area contributed by atoms with E-state index < -0.39 is 23.8 Å². The summed E-state index contributed by atoms with van der Waals surface area (Å²) in [6.45, 7) is 8.72. The van der Waals surface area contributed by atoms with Crippen molar-refractivity contribution in [2.45, 2.75) is 57.5 Å². The van der Waals surface area contributed by atoms with Crippen LogP contribution in [0.2, 0.25) is 0 Å². The first kappa shape index (κ1) is 22.0. The number of benzene rings is 2. The monoisotopic (exact) mass is 413 g/mol. The first-order chi connectivity index (χ1) is 14.0. The van der Waals surface area contributed by atoms with E-state index in [2.05, 4.69) is 37.7 Å². The number of carbonyl (C=O) groups is 2. The van der Waals surface area contributed by atoms with Gasteiger partial charge in [0.2, 0.25) is 0 Å². The van der Waals surface area contributed by atoms with Gasteiger partial charge in [0.15, 0.2) is 6.10 Å². The lowest BCUT2D eigenvalue weighted by Crippen LogP contribution is -2.34. The van der Waals surface area contributed by atoms with Crippen molar-refractivity contribution in [3.8, 4) is 0 Å². The number of hydrogen-bond acceptors (Lipinski definition) is 4. The Bertz CT molecular complexity index is 997. The van der Waals surface area contributed by atoms with Crippen LogP contribution in [0.25, 0.3) is 0 Å². The van der Waals surface area contributed by atoms with Gasteiger partial charge in [0, 0.05) is 0 Å². The predicted molar refractivity (Wildman–Crippen MR) is 113 cm³/mol. The van der Waals surface area contributed by atoms with E-state index in [9.17, 15) is 19.1 Å². The van der Waals surface area contributed by atoms with Crippen molar-refractivity contribution < 1.29 is 23.8 Å². The summed E-state index contributed by atoms with van der Waals surface area (Å²) < 4.78 is 18.8. The van der Waals surface area contributed by atoms with E-state index in [1.165, 1.54) is 24.8 Å². The van der Waals surface area contributed by atoms with Crippen LogP contribution >= 0.6 is 0 Å². The van der Waals surface area contributed by atoms with Crippen molar-refractivity contribution in [3.05, 3.63) is 64.5 Å². The molecule has 30 heavy (non-hydrogen) atoms. The predicted octanol–water partition coefficient (Wildman–Crippen LogP) is 4.63. The molecule has 0 saturated carbocycles. The number of amides is 1. The molecule has 0 aliphatic heterocycles. The smallest absolute Gasteiger partial charge is 0.337 e. The molecule has 3 rings (SSSR count). The van der Waals surface area contributed by atoms with Crippen molar-refractivity contribution in [2.75, 3.05) is 12.4 Å². The number of hydrogen-bond donors (Lipinski definition) is 2. The molecule has 1 amide bonds. The van der Waals surface area contributed by atoms with E-state index in [0.29, 0.717) is 5.56 Å². The molecule has 5 nitrogen and oxygen atoms in total. The van der Waals surface area contributed by atoms with Gasteiger partial charge in [-0.15, -0.1) is 0 Å². The molecule has 0 unspecified atom stereocenters. The minimum Gasteiger partial charge on any atom is -0.465 e. The Hall–Kier alpha value is -2.73. The lowest BCUT2D eigenvalue weighted by molar-refractivity contribution is -0.124. The van der Waals surface area contributed by atoms with Gasteiger partial charge >= 0.3 is 5.97 Å². The van der Waals surface area contributed by atoms with Gasteiger partial charge in [-0.3, -0.25) is 4.79 Å². The van der Waals surface area contributed by atoms with Crippen LogP contribution in [0.1, 0.15) is 73.7 Å². The molecule has 2 N–H and O–H groups in total. The maximum absolute atomic E-state index is 14.3. The van der Waals surface area contributed by atoms with Crippen LogP contribution in [0, 0.1) is 5.82 Å². The third kappa shape index (κ3) is 4.10. The minimum atomic E-state index is -1.45. The molecule has 0 radical (unpaired) electrons. The Kier molecular flexibility index (Phi) is 5.74. The number of methoxy groups -OCH3 is 1. The zero-order chi connectivity index (χ0) is 22.3. The second-order valence-electron chi connectivity index (χ2n) is 9.15. The molecule has 160 valence electrons. The van der Waals surface area contributed by atoms with Gasteiger partial charge in [-0.05, 0) is 58.6 Å². The molecule has 2 aromatic carbocycles. The maximum Gasteiger partial charge on any atom is 0.337 e. The lowest BCUT2D eigenvalue weighted by Gasteiger charge is -2.42. The molecule has 0 saturated heterocycles. The summed E-state index contributed by atoms with van der Waals surface area (Å²) in [5.74, 6) is -2.20. The average Bonchev–Trinajstić information content (AvgIpc) is 2.71. The minimum absolute atomic E-state index is 0.0289. The van der Waals surface area contributed by atoms with Crippen LogP contribution in [-0.4, -0.2) is 24.1 Å². The summed E-state index contributed by atoms with van der Waals surface area (Å²) in [4.78, 5) is 24.1. The fourth-order valence-electron chi connectivity index (χ4n) is 3.99. The summed E-state index contributed by atoms with van der Waals surface area (Å²) in [5, 5.41) is 13.0. The molecule has 1 aliphatic carbocycles. The summed E-state index contributed by atoms with van der Waals surface area (Å²) in [6.07, 6.45) is 0.628. The molecule has 0 fully saturated rings. The summed E-state index contributed by atoms with van der Waals surface area (Å²) in [7, 11) is 1.20. The number of ether oxygens (including phenoxy) is 1. The molecule has 0 bridgehead atoms. The second-order valence-corrected chi connectivity index (χ2v) is 9.15. The zero-order valence-corrected chi connectivity index (χ0v) is 18.0. The van der Waals surface area contributed by atoms with Crippen LogP contribution < -0.4 is 5.32 Å². The van der Waals surface area contributed by atoms with Crippen molar-refractivity contribution in [1.29, 1.82) is 0 Å². The Morgan fingerprint density at radius 3 is 2.27 bits per heavy atom. The van der Waals surface area contributed by atoms with Gasteiger partial charge in [0.1, 0.15) is 5.82 Å². The topological polar surface area (TPSA) is 75.6 Å². The number of carbonyl (C=O) groups excluding carboxylic acids is 2. The van der Waals surface area contributed by atoms with Crippen LogP contribution in [0.5, 0.6) is 0 Å². The molecular weight excluding hydrogens is 385 g/mol. The van der Waals surface area contributed by atoms with E-state index in [4.69, 9.17) is 0 Å². The van der Waals surface area contributed by atoms with Gasteiger partial charge in [0.05, 0.1) is 18.4 Å². The van der Waals surface area contributed by atoms with E-state index in [0.717, 1.165) is 24.5 Å². The molecule has 6 heteroatoms. The fraction of sp³-hybridized carbons (Fsp3) is 0.417. The third-order valence-electron chi connectivity index (χ3n) is 6.09. The number of halogens is 1. The quantitative estimate of drug-likeness (QED) is 0.717. The Labute approximate surface area is 176 Å². The largest absolute Gasteiger partial charge is 0.465 e. The number of fused-ring (bicyclic) bond motifs is 1. The molecule has 0 heterocycles. The Morgan fingerprint density at radius 1 is 1.03 bits per heavy atom. The standard InChI is InChI=1S/C24H28FNO4/c1-23(2)10-11-24(3,4)17-12-14(6-8-16(17)23)20(27)21(28)26-19-9-7-15(13-18(19)25)22(29)30-5/h6-9,12-13,20,27H,10-11H2,1-5H3,(H,26,28)/t20-/m1/s1. The molecule has 0 spiro atoms. The maximum atomic E-state index is 14.3. The number of esters is 1. The first-order valence-electron chi connectivity index (χ1n) is 9.98. The fourth-order valence-corrected chi connectivity index (χ4v) is 3.99. The van der Waals surface area contributed by atoms with Crippen LogP contribution in [-0.2, 0) is 20.4 Å². The summed E-state index contributed by atoms with van der Waals surface area (Å²) in [6, 6.07) is 9.22. The van der Waals surface area contributed by atoms with Crippen molar-refractivity contribution >= 4 is 17.6 Å². The summed E-state index contributed by atoms with van der Waals surface area (Å²) >= 11 is 0. The highest BCUT2D eigenvalue weighted by atomic mass is 19.1. The van der Waals surface area contributed by atoms with Crippen molar-refractivity contribution in [3.63, 3.8) is 0 Å². The van der Waals surface area contributed by atoms with E-state index >= 15 is 0 Å². The third-order valence-corrected chi connectivity index (χ3v) is 6.09. The van der Waals surface area contributed by atoms with Crippen molar-refractivity contribution in [2.24, 2.45) is 0 Å². The number of nitrogens with one attached hydrogen (secondary N) is 1. The first-order valence-corrected chi connectivity index (χ1v) is 9.98. The van der Waals surface area contributed by atoms with Gasteiger partial charge in [-0.25, -0.2) is 9.18 Å². The highest BCUT2D eigenvalue weighted by molar-refractivity contribution is 5.96. The van der Waals surface area contributed by atoms with Gasteiger partial charge in [-0.2, -0.15) is 0 Å². The molecule has 0 aromatic heterocycles. The Morgan fingerprint density at radius 2 is 1.67 bits per heavy atom. The molecule has 2 aromatic rings.